The zero-order chi connectivity index (χ0) is 10.8. The Morgan fingerprint density at radius 1 is 1.12 bits per heavy atom. The number of nitrogens with one attached hydrogen (secondary N) is 3. The lowest BCUT2D eigenvalue weighted by Gasteiger charge is -2.03. The molecule has 0 unspecified atom stereocenters. The van der Waals surface area contributed by atoms with Crippen molar-refractivity contribution in [3.05, 3.63) is 30.9 Å². The molecule has 0 fully saturated rings. The van der Waals surface area contributed by atoms with Crippen LogP contribution in [0, 0.1) is 0 Å². The lowest BCUT2D eigenvalue weighted by molar-refractivity contribution is 1.05. The van der Waals surface area contributed by atoms with Gasteiger partial charge in [-0.05, 0) is 0 Å². The molecule has 0 radical (unpaired) electrons. The quantitative estimate of drug-likeness (QED) is 0.597. The number of aromatic amines is 2. The number of H-pyrrole nitrogens is 2. The first kappa shape index (κ1) is 8.84. The summed E-state index contributed by atoms with van der Waals surface area (Å²) in [6, 6.07) is 0. The van der Waals surface area contributed by atoms with Crippen LogP contribution in [-0.2, 0) is 6.54 Å². The van der Waals surface area contributed by atoms with Gasteiger partial charge in [0.2, 0.25) is 0 Å². The molecular weight excluding hydrogens is 206 g/mol. The summed E-state index contributed by atoms with van der Waals surface area (Å²) in [6.07, 6.45) is 6.49. The monoisotopic (exact) mass is 215 g/mol. The highest BCUT2D eigenvalue weighted by atomic mass is 15.1. The van der Waals surface area contributed by atoms with E-state index in [1.165, 1.54) is 6.33 Å². The van der Waals surface area contributed by atoms with E-state index in [4.69, 9.17) is 0 Å². The van der Waals surface area contributed by atoms with E-state index in [0.717, 1.165) is 17.0 Å². The second-order valence-corrected chi connectivity index (χ2v) is 3.25. The van der Waals surface area contributed by atoms with Crippen molar-refractivity contribution in [1.82, 2.24) is 29.9 Å². The molecule has 80 valence electrons. The molecule has 7 nitrogen and oxygen atoms in total. The van der Waals surface area contributed by atoms with Crippen molar-refractivity contribution in [2.24, 2.45) is 0 Å². The first-order chi connectivity index (χ1) is 7.93. The molecule has 0 saturated carbocycles. The third-order valence-corrected chi connectivity index (χ3v) is 2.22. The van der Waals surface area contributed by atoms with E-state index in [-0.39, 0.29) is 0 Å². The molecule has 0 aliphatic rings. The molecule has 0 saturated heterocycles. The molecule has 0 aliphatic heterocycles. The second-order valence-electron chi connectivity index (χ2n) is 3.25. The van der Waals surface area contributed by atoms with Gasteiger partial charge in [0.15, 0.2) is 11.5 Å². The second kappa shape index (κ2) is 3.61. The van der Waals surface area contributed by atoms with Crippen molar-refractivity contribution in [2.45, 2.75) is 6.54 Å². The molecule has 0 atom stereocenters. The molecular formula is C9H9N7. The first-order valence-corrected chi connectivity index (χ1v) is 4.78. The molecule has 3 N–H and O–H groups in total. The Bertz CT molecular complexity index is 583. The summed E-state index contributed by atoms with van der Waals surface area (Å²) in [7, 11) is 0. The molecule has 0 spiro atoms. The summed E-state index contributed by atoms with van der Waals surface area (Å²) in [5.74, 6) is 0.733. The maximum atomic E-state index is 4.15. The number of hydrogen-bond donors (Lipinski definition) is 3. The van der Waals surface area contributed by atoms with Gasteiger partial charge in [0.1, 0.15) is 11.8 Å². The van der Waals surface area contributed by atoms with Gasteiger partial charge >= 0.3 is 0 Å². The lowest BCUT2D eigenvalue weighted by Crippen LogP contribution is -2.02. The predicted octanol–water partition coefficient (Wildman–Crippen LogP) is 0.688. The molecule has 0 bridgehead atoms. The standard InChI is InChI=1S/C9H9N7/c1-6(12-3-10-1)2-11-8-7-9(14-4-13-7)16-5-15-8/h1,3-5H,2H2,(H,10,12)(H2,11,13,14,15,16). The Balaban J connectivity index is 1.86. The Morgan fingerprint density at radius 3 is 3.00 bits per heavy atom. The van der Waals surface area contributed by atoms with Crippen molar-refractivity contribution < 1.29 is 0 Å². The van der Waals surface area contributed by atoms with Crippen LogP contribution in [0.4, 0.5) is 5.82 Å². The van der Waals surface area contributed by atoms with Crippen LogP contribution in [0.5, 0.6) is 0 Å². The summed E-state index contributed by atoms with van der Waals surface area (Å²) >= 11 is 0. The summed E-state index contributed by atoms with van der Waals surface area (Å²) in [5.41, 5.74) is 2.45. The molecule has 16 heavy (non-hydrogen) atoms. The maximum Gasteiger partial charge on any atom is 0.182 e. The van der Waals surface area contributed by atoms with Crippen LogP contribution in [0.1, 0.15) is 5.69 Å². The van der Waals surface area contributed by atoms with Crippen LogP contribution >= 0.6 is 0 Å². The van der Waals surface area contributed by atoms with Gasteiger partial charge in [0.25, 0.3) is 0 Å². The zero-order valence-electron chi connectivity index (χ0n) is 8.31. The van der Waals surface area contributed by atoms with Gasteiger partial charge in [-0.25, -0.2) is 19.9 Å². The van der Waals surface area contributed by atoms with Crippen LogP contribution in [-0.4, -0.2) is 29.9 Å². The van der Waals surface area contributed by atoms with Gasteiger partial charge in [-0.1, -0.05) is 0 Å². The molecule has 3 rings (SSSR count). The minimum absolute atomic E-state index is 0.630. The van der Waals surface area contributed by atoms with E-state index < -0.39 is 0 Å². The highest BCUT2D eigenvalue weighted by Crippen LogP contribution is 2.14. The largest absolute Gasteiger partial charge is 0.363 e. The summed E-state index contributed by atoms with van der Waals surface area (Å²) in [6.45, 7) is 0.630. The van der Waals surface area contributed by atoms with Crippen LogP contribution in [0.25, 0.3) is 11.2 Å². The van der Waals surface area contributed by atoms with Crippen LogP contribution in [0.15, 0.2) is 25.2 Å². The van der Waals surface area contributed by atoms with E-state index in [1.54, 1.807) is 18.9 Å². The van der Waals surface area contributed by atoms with E-state index in [0.29, 0.717) is 12.2 Å². The van der Waals surface area contributed by atoms with Gasteiger partial charge in [-0.2, -0.15) is 0 Å². The summed E-state index contributed by atoms with van der Waals surface area (Å²) < 4.78 is 0. The van der Waals surface area contributed by atoms with Crippen LogP contribution < -0.4 is 5.32 Å². The zero-order valence-corrected chi connectivity index (χ0v) is 8.31. The fourth-order valence-corrected chi connectivity index (χ4v) is 1.46. The van der Waals surface area contributed by atoms with Gasteiger partial charge in [-0.15, -0.1) is 0 Å². The molecule has 3 aromatic rings. The van der Waals surface area contributed by atoms with Crippen molar-refractivity contribution >= 4 is 17.0 Å². The number of hydrogen-bond acceptors (Lipinski definition) is 5. The number of fused-ring (bicyclic) bond motifs is 1. The van der Waals surface area contributed by atoms with Gasteiger partial charge in [0, 0.05) is 6.20 Å². The van der Waals surface area contributed by atoms with Crippen molar-refractivity contribution in [1.29, 1.82) is 0 Å². The van der Waals surface area contributed by atoms with E-state index in [2.05, 4.69) is 35.2 Å². The average molecular weight is 215 g/mol. The van der Waals surface area contributed by atoms with Crippen molar-refractivity contribution in [3.63, 3.8) is 0 Å². The Kier molecular flexibility index (Phi) is 1.99. The lowest BCUT2D eigenvalue weighted by atomic mass is 10.4. The van der Waals surface area contributed by atoms with Crippen molar-refractivity contribution in [3.8, 4) is 0 Å². The molecule has 3 aromatic heterocycles. The Morgan fingerprint density at radius 2 is 2.12 bits per heavy atom. The minimum Gasteiger partial charge on any atom is -0.363 e. The van der Waals surface area contributed by atoms with Crippen LogP contribution in [0.2, 0.25) is 0 Å². The predicted molar refractivity (Wildman–Crippen MR) is 57.6 cm³/mol. The van der Waals surface area contributed by atoms with Crippen LogP contribution in [0.3, 0.4) is 0 Å². The van der Waals surface area contributed by atoms with Gasteiger partial charge in [0.05, 0.1) is 24.9 Å². The number of anilines is 1. The Hall–Kier alpha value is -2.44. The highest BCUT2D eigenvalue weighted by molar-refractivity contribution is 5.81. The minimum atomic E-state index is 0.630. The first-order valence-electron chi connectivity index (χ1n) is 4.78. The number of aromatic nitrogens is 6. The van der Waals surface area contributed by atoms with E-state index in [1.807, 2.05) is 0 Å². The molecule has 7 heteroatoms. The molecule has 3 heterocycles. The topological polar surface area (TPSA) is 95.2 Å². The van der Waals surface area contributed by atoms with E-state index in [9.17, 15) is 0 Å². The smallest absolute Gasteiger partial charge is 0.182 e. The third kappa shape index (κ3) is 1.48. The van der Waals surface area contributed by atoms with Gasteiger partial charge in [-0.3, -0.25) is 0 Å². The number of imidazole rings is 2. The third-order valence-electron chi connectivity index (χ3n) is 2.22. The summed E-state index contributed by atoms with van der Waals surface area (Å²) in [4.78, 5) is 22.2. The summed E-state index contributed by atoms with van der Waals surface area (Å²) in [5, 5.41) is 3.18. The van der Waals surface area contributed by atoms with Gasteiger partial charge < -0.3 is 15.3 Å². The highest BCUT2D eigenvalue weighted by Gasteiger charge is 2.04. The fourth-order valence-electron chi connectivity index (χ4n) is 1.46. The normalized spacial score (nSPS) is 10.8. The van der Waals surface area contributed by atoms with Crippen molar-refractivity contribution in [2.75, 3.05) is 5.32 Å². The average Bonchev–Trinajstić information content (AvgIpc) is 2.97. The molecule has 0 aromatic carbocycles. The maximum absolute atomic E-state index is 4.15. The van der Waals surface area contributed by atoms with E-state index >= 15 is 0 Å². The number of rotatable bonds is 3. The SMILES string of the molecule is c1nc(NCc2cnc[nH]2)c2[nH]cnc2n1. The molecule has 0 aliphatic carbocycles. The Labute approximate surface area is 90.4 Å². The molecule has 0 amide bonds. The number of nitrogens with zero attached hydrogens (tertiary/aromatic N) is 4. The fraction of sp³-hybridized carbons (Fsp3) is 0.111.